The maximum Gasteiger partial charge on any atom is 0.243 e. The Morgan fingerprint density at radius 2 is 2.35 bits per heavy atom. The van der Waals surface area contributed by atoms with Crippen molar-refractivity contribution in [3.05, 3.63) is 18.2 Å². The van der Waals surface area contributed by atoms with Gasteiger partial charge in [0, 0.05) is 17.7 Å². The number of rotatable bonds is 4. The molecule has 110 valence electrons. The summed E-state index contributed by atoms with van der Waals surface area (Å²) in [4.78, 5) is 24.0. The van der Waals surface area contributed by atoms with E-state index in [9.17, 15) is 9.59 Å². The molecule has 4 N–H and O–H groups in total. The summed E-state index contributed by atoms with van der Waals surface area (Å²) < 4.78 is 4.82. The number of carbonyl (C=O) groups is 2. The molecule has 1 aliphatic rings. The highest BCUT2D eigenvalue weighted by atomic mass is 35.5. The molecule has 1 aromatic carbocycles. The fraction of sp³-hybridized carbons (Fsp3) is 0.333. The molecular formula is C12H16ClN3O3S. The Kier molecular flexibility index (Phi) is 6.28. The van der Waals surface area contributed by atoms with Crippen molar-refractivity contribution in [2.24, 2.45) is 5.73 Å². The van der Waals surface area contributed by atoms with E-state index in [1.54, 1.807) is 12.1 Å². The Morgan fingerprint density at radius 3 is 3.05 bits per heavy atom. The first-order valence-corrected chi connectivity index (χ1v) is 6.71. The van der Waals surface area contributed by atoms with Gasteiger partial charge in [0.1, 0.15) is 6.04 Å². The average molecular weight is 318 g/mol. The Bertz CT molecular complexity index is 513. The molecule has 0 saturated carbocycles. The topological polar surface area (TPSA) is 93.4 Å². The molecule has 0 saturated heterocycles. The second kappa shape index (κ2) is 7.49. The van der Waals surface area contributed by atoms with Gasteiger partial charge in [0.05, 0.1) is 18.0 Å². The van der Waals surface area contributed by atoms with Crippen molar-refractivity contribution in [1.29, 1.82) is 0 Å². The normalized spacial score (nSPS) is 14.6. The second-order valence-electron chi connectivity index (χ2n) is 4.10. The molecule has 0 aliphatic carbocycles. The predicted molar refractivity (Wildman–Crippen MR) is 81.5 cm³/mol. The van der Waals surface area contributed by atoms with Gasteiger partial charge < -0.3 is 21.1 Å². The molecule has 1 aromatic rings. The number of nitrogens with one attached hydrogen (secondary N) is 2. The van der Waals surface area contributed by atoms with Gasteiger partial charge in [-0.15, -0.1) is 24.2 Å². The number of thioether (sulfide) groups is 1. The van der Waals surface area contributed by atoms with Crippen molar-refractivity contribution in [3.63, 3.8) is 0 Å². The highest BCUT2D eigenvalue weighted by Gasteiger charge is 2.17. The van der Waals surface area contributed by atoms with Gasteiger partial charge in [0.2, 0.25) is 11.8 Å². The van der Waals surface area contributed by atoms with E-state index in [1.165, 1.54) is 18.9 Å². The minimum Gasteiger partial charge on any atom is -0.383 e. The van der Waals surface area contributed by atoms with E-state index in [4.69, 9.17) is 10.5 Å². The maximum atomic E-state index is 11.7. The number of fused-ring (bicyclic) bond motifs is 1. The monoisotopic (exact) mass is 317 g/mol. The third-order valence-corrected chi connectivity index (χ3v) is 3.64. The number of nitrogens with two attached hydrogens (primary N) is 1. The molecule has 0 radical (unpaired) electrons. The number of benzene rings is 1. The Labute approximate surface area is 127 Å². The van der Waals surface area contributed by atoms with Crippen LogP contribution in [0.4, 0.5) is 11.4 Å². The SMILES string of the molecule is COCC(N)C(=O)Nc1ccc2c(c1)NC(=O)CS2.Cl. The first-order valence-electron chi connectivity index (χ1n) is 5.72. The van der Waals surface area contributed by atoms with E-state index in [2.05, 4.69) is 10.6 Å². The lowest BCUT2D eigenvalue weighted by atomic mass is 10.2. The van der Waals surface area contributed by atoms with Gasteiger partial charge in [0.25, 0.3) is 0 Å². The zero-order valence-electron chi connectivity index (χ0n) is 10.8. The van der Waals surface area contributed by atoms with Crippen LogP contribution in [0.5, 0.6) is 0 Å². The van der Waals surface area contributed by atoms with Crippen molar-refractivity contribution < 1.29 is 14.3 Å². The second-order valence-corrected chi connectivity index (χ2v) is 5.12. The van der Waals surface area contributed by atoms with Crippen LogP contribution in [0.25, 0.3) is 0 Å². The molecule has 1 unspecified atom stereocenters. The molecule has 0 bridgehead atoms. The van der Waals surface area contributed by atoms with Crippen LogP contribution < -0.4 is 16.4 Å². The van der Waals surface area contributed by atoms with Crippen LogP contribution in [0.15, 0.2) is 23.1 Å². The summed E-state index contributed by atoms with van der Waals surface area (Å²) in [5.41, 5.74) is 6.93. The lowest BCUT2D eigenvalue weighted by Crippen LogP contribution is -2.39. The number of hydrogen-bond acceptors (Lipinski definition) is 5. The van der Waals surface area contributed by atoms with Crippen LogP contribution in [0.3, 0.4) is 0 Å². The molecule has 20 heavy (non-hydrogen) atoms. The van der Waals surface area contributed by atoms with E-state index < -0.39 is 6.04 Å². The molecule has 6 nitrogen and oxygen atoms in total. The van der Waals surface area contributed by atoms with Crippen molar-refractivity contribution in [2.75, 3.05) is 30.1 Å². The number of amides is 2. The predicted octanol–water partition coefficient (Wildman–Crippen LogP) is 1.06. The van der Waals surface area contributed by atoms with Gasteiger partial charge in [-0.05, 0) is 18.2 Å². The summed E-state index contributed by atoms with van der Waals surface area (Å²) in [6, 6.07) is 4.64. The van der Waals surface area contributed by atoms with Gasteiger partial charge in [-0.1, -0.05) is 0 Å². The van der Waals surface area contributed by atoms with Gasteiger partial charge >= 0.3 is 0 Å². The molecule has 1 heterocycles. The lowest BCUT2D eigenvalue weighted by molar-refractivity contribution is -0.118. The summed E-state index contributed by atoms with van der Waals surface area (Å²) in [6.07, 6.45) is 0. The number of carbonyl (C=O) groups excluding carboxylic acids is 2. The number of hydrogen-bond donors (Lipinski definition) is 3. The Morgan fingerprint density at radius 1 is 1.60 bits per heavy atom. The van der Waals surface area contributed by atoms with Gasteiger partial charge in [-0.25, -0.2) is 0 Å². The average Bonchev–Trinajstić information content (AvgIpc) is 2.38. The Hall–Kier alpha value is -1.28. The molecule has 2 amide bonds. The van der Waals surface area contributed by atoms with Crippen LogP contribution in [-0.2, 0) is 14.3 Å². The third-order valence-electron chi connectivity index (χ3n) is 2.56. The first-order chi connectivity index (χ1) is 9.10. The number of anilines is 2. The number of methoxy groups -OCH3 is 1. The van der Waals surface area contributed by atoms with E-state index in [0.717, 1.165) is 4.90 Å². The highest BCUT2D eigenvalue weighted by molar-refractivity contribution is 8.00. The van der Waals surface area contributed by atoms with E-state index in [-0.39, 0.29) is 30.8 Å². The lowest BCUT2D eigenvalue weighted by Gasteiger charge is -2.18. The van der Waals surface area contributed by atoms with Crippen molar-refractivity contribution in [3.8, 4) is 0 Å². The smallest absolute Gasteiger partial charge is 0.243 e. The number of ether oxygens (including phenoxy) is 1. The quantitative estimate of drug-likeness (QED) is 0.772. The molecule has 0 fully saturated rings. The molecule has 2 rings (SSSR count). The molecule has 0 spiro atoms. The Balaban J connectivity index is 0.00000200. The number of halogens is 1. The van der Waals surface area contributed by atoms with Crippen molar-refractivity contribution >= 4 is 47.4 Å². The van der Waals surface area contributed by atoms with Crippen LogP contribution in [0.2, 0.25) is 0 Å². The third kappa shape index (κ3) is 4.11. The fourth-order valence-corrected chi connectivity index (χ4v) is 2.44. The highest BCUT2D eigenvalue weighted by Crippen LogP contribution is 2.33. The fourth-order valence-electron chi connectivity index (χ4n) is 1.65. The van der Waals surface area contributed by atoms with E-state index in [1.807, 2.05) is 6.07 Å². The molecule has 0 aromatic heterocycles. The van der Waals surface area contributed by atoms with Gasteiger partial charge in [0.15, 0.2) is 0 Å². The minimum atomic E-state index is -0.718. The molecule has 8 heteroatoms. The first kappa shape index (κ1) is 16.8. The molecular weight excluding hydrogens is 302 g/mol. The van der Waals surface area contributed by atoms with Crippen LogP contribution in [-0.4, -0.2) is 37.3 Å². The largest absolute Gasteiger partial charge is 0.383 e. The van der Waals surface area contributed by atoms with Gasteiger partial charge in [-0.2, -0.15) is 0 Å². The van der Waals surface area contributed by atoms with Crippen LogP contribution in [0.1, 0.15) is 0 Å². The summed E-state index contributed by atoms with van der Waals surface area (Å²) in [5.74, 6) is 0.0471. The summed E-state index contributed by atoms with van der Waals surface area (Å²) in [7, 11) is 1.48. The van der Waals surface area contributed by atoms with Crippen LogP contribution in [0, 0.1) is 0 Å². The standard InChI is InChI=1S/C12H15N3O3S.ClH/c1-18-5-8(13)12(17)14-7-2-3-10-9(4-7)15-11(16)6-19-10;/h2-4,8H,5-6,13H2,1H3,(H,14,17)(H,15,16);1H. The van der Waals surface area contributed by atoms with Crippen molar-refractivity contribution in [2.45, 2.75) is 10.9 Å². The van der Waals surface area contributed by atoms with Crippen molar-refractivity contribution in [1.82, 2.24) is 0 Å². The summed E-state index contributed by atoms with van der Waals surface area (Å²) in [5, 5.41) is 5.45. The van der Waals surface area contributed by atoms with E-state index >= 15 is 0 Å². The summed E-state index contributed by atoms with van der Waals surface area (Å²) in [6.45, 7) is 0.156. The van der Waals surface area contributed by atoms with Gasteiger partial charge in [-0.3, -0.25) is 9.59 Å². The zero-order chi connectivity index (χ0) is 13.8. The summed E-state index contributed by atoms with van der Waals surface area (Å²) >= 11 is 1.47. The van der Waals surface area contributed by atoms with Crippen LogP contribution >= 0.6 is 24.2 Å². The maximum absolute atomic E-state index is 11.7. The molecule has 1 atom stereocenters. The molecule has 1 aliphatic heterocycles. The van der Waals surface area contributed by atoms with E-state index in [0.29, 0.717) is 17.1 Å². The minimum absolute atomic E-state index is 0. The zero-order valence-corrected chi connectivity index (χ0v) is 12.5.